The van der Waals surface area contributed by atoms with E-state index in [2.05, 4.69) is 10.6 Å². The molecule has 3 rings (SSSR count). The minimum absolute atomic E-state index is 0.0310. The first-order valence-electron chi connectivity index (χ1n) is 8.02. The molecule has 2 atom stereocenters. The van der Waals surface area contributed by atoms with Gasteiger partial charge in [0.2, 0.25) is 5.91 Å². The van der Waals surface area contributed by atoms with Gasteiger partial charge in [-0.2, -0.15) is 0 Å². The highest BCUT2D eigenvalue weighted by atomic mass is 16.3. The molecule has 0 radical (unpaired) electrons. The van der Waals surface area contributed by atoms with Crippen molar-refractivity contribution in [2.75, 3.05) is 18.5 Å². The van der Waals surface area contributed by atoms with E-state index in [0.717, 1.165) is 12.2 Å². The summed E-state index contributed by atoms with van der Waals surface area (Å²) in [5, 5.41) is 14.3. The molecular weight excluding hydrogens is 308 g/mol. The maximum Gasteiger partial charge on any atom is 0.251 e. The summed E-state index contributed by atoms with van der Waals surface area (Å²) in [5.41, 5.74) is 1.18. The van der Waals surface area contributed by atoms with Crippen molar-refractivity contribution in [2.45, 2.75) is 18.8 Å². The highest BCUT2D eigenvalue weighted by Crippen LogP contribution is 2.48. The summed E-state index contributed by atoms with van der Waals surface area (Å²) in [4.78, 5) is 24.1. The normalized spacial score (nSPS) is 18.9. The highest BCUT2D eigenvalue weighted by molar-refractivity contribution is 5.97. The van der Waals surface area contributed by atoms with E-state index in [-0.39, 0.29) is 30.3 Å². The SMILES string of the molecule is O=C(NCCCO)c1ccc(NC(=O)C2CC2c2ccco2)cc1. The molecule has 1 aromatic heterocycles. The highest BCUT2D eigenvalue weighted by Gasteiger charge is 2.45. The van der Waals surface area contributed by atoms with Gasteiger partial charge in [-0.3, -0.25) is 9.59 Å². The molecule has 2 aromatic rings. The van der Waals surface area contributed by atoms with Gasteiger partial charge in [0, 0.05) is 36.2 Å². The van der Waals surface area contributed by atoms with Crippen LogP contribution in [0.25, 0.3) is 0 Å². The number of amides is 2. The van der Waals surface area contributed by atoms with E-state index in [1.165, 1.54) is 0 Å². The van der Waals surface area contributed by atoms with Gasteiger partial charge in [-0.25, -0.2) is 0 Å². The van der Waals surface area contributed by atoms with Gasteiger partial charge in [-0.15, -0.1) is 0 Å². The lowest BCUT2D eigenvalue weighted by molar-refractivity contribution is -0.117. The molecule has 2 unspecified atom stereocenters. The number of aliphatic hydroxyl groups is 1. The molecule has 2 amide bonds. The van der Waals surface area contributed by atoms with Crippen molar-refractivity contribution in [3.8, 4) is 0 Å². The second-order valence-corrected chi connectivity index (χ2v) is 5.86. The molecule has 1 saturated carbocycles. The number of anilines is 1. The Morgan fingerprint density at radius 2 is 2.00 bits per heavy atom. The Morgan fingerprint density at radius 1 is 1.21 bits per heavy atom. The van der Waals surface area contributed by atoms with Crippen molar-refractivity contribution < 1.29 is 19.1 Å². The zero-order chi connectivity index (χ0) is 16.9. The van der Waals surface area contributed by atoms with Crippen LogP contribution < -0.4 is 10.6 Å². The zero-order valence-corrected chi connectivity index (χ0v) is 13.2. The lowest BCUT2D eigenvalue weighted by Crippen LogP contribution is -2.25. The first-order valence-corrected chi connectivity index (χ1v) is 8.02. The van der Waals surface area contributed by atoms with Crippen LogP contribution in [0.3, 0.4) is 0 Å². The van der Waals surface area contributed by atoms with Gasteiger partial charge in [0.05, 0.1) is 6.26 Å². The van der Waals surface area contributed by atoms with Crippen molar-refractivity contribution in [3.05, 3.63) is 54.0 Å². The molecule has 1 aromatic carbocycles. The zero-order valence-electron chi connectivity index (χ0n) is 13.2. The lowest BCUT2D eigenvalue weighted by atomic mass is 10.2. The molecule has 0 spiro atoms. The van der Waals surface area contributed by atoms with Gasteiger partial charge in [-0.1, -0.05) is 0 Å². The average Bonchev–Trinajstić information content (AvgIpc) is 3.21. The van der Waals surface area contributed by atoms with E-state index in [0.29, 0.717) is 24.2 Å². The van der Waals surface area contributed by atoms with Gasteiger partial charge in [0.25, 0.3) is 5.91 Å². The van der Waals surface area contributed by atoms with Crippen LogP contribution in [0.4, 0.5) is 5.69 Å². The Bertz CT molecular complexity index is 694. The quantitative estimate of drug-likeness (QED) is 0.679. The predicted octanol–water partition coefficient (Wildman–Crippen LogP) is 2.13. The molecule has 1 aliphatic carbocycles. The summed E-state index contributed by atoms with van der Waals surface area (Å²) >= 11 is 0. The van der Waals surface area contributed by atoms with Crippen LogP contribution in [0.1, 0.15) is 34.9 Å². The van der Waals surface area contributed by atoms with Crippen LogP contribution in [0.15, 0.2) is 47.1 Å². The number of carbonyl (C=O) groups excluding carboxylic acids is 2. The molecule has 1 fully saturated rings. The maximum atomic E-state index is 12.2. The Kier molecular flexibility index (Phi) is 4.96. The average molecular weight is 328 g/mol. The van der Waals surface area contributed by atoms with E-state index in [1.54, 1.807) is 30.5 Å². The van der Waals surface area contributed by atoms with Gasteiger partial charge < -0.3 is 20.2 Å². The molecule has 0 aliphatic heterocycles. The van der Waals surface area contributed by atoms with E-state index in [9.17, 15) is 9.59 Å². The Labute approximate surface area is 139 Å². The number of carbonyl (C=O) groups is 2. The molecular formula is C18H20N2O4. The fourth-order valence-electron chi connectivity index (χ4n) is 2.62. The third-order valence-corrected chi connectivity index (χ3v) is 4.07. The first-order chi connectivity index (χ1) is 11.7. The van der Waals surface area contributed by atoms with Crippen molar-refractivity contribution in [3.63, 3.8) is 0 Å². The molecule has 0 bridgehead atoms. The van der Waals surface area contributed by atoms with E-state index < -0.39 is 0 Å². The van der Waals surface area contributed by atoms with E-state index >= 15 is 0 Å². The minimum Gasteiger partial charge on any atom is -0.469 e. The number of rotatable bonds is 7. The molecule has 1 aliphatic rings. The third kappa shape index (κ3) is 3.83. The molecule has 1 heterocycles. The van der Waals surface area contributed by atoms with Crippen LogP contribution in [0, 0.1) is 5.92 Å². The van der Waals surface area contributed by atoms with E-state index in [1.807, 2.05) is 12.1 Å². The molecule has 6 heteroatoms. The fourth-order valence-corrected chi connectivity index (χ4v) is 2.62. The van der Waals surface area contributed by atoms with Gasteiger partial charge in [0.15, 0.2) is 0 Å². The number of hydrogen-bond donors (Lipinski definition) is 3. The Balaban J connectivity index is 1.51. The van der Waals surface area contributed by atoms with Crippen LogP contribution >= 0.6 is 0 Å². The van der Waals surface area contributed by atoms with Crippen LogP contribution in [0.5, 0.6) is 0 Å². The lowest BCUT2D eigenvalue weighted by Gasteiger charge is -2.07. The van der Waals surface area contributed by atoms with Crippen molar-refractivity contribution >= 4 is 17.5 Å². The van der Waals surface area contributed by atoms with Gasteiger partial charge >= 0.3 is 0 Å². The molecule has 3 N–H and O–H groups in total. The summed E-state index contributed by atoms with van der Waals surface area (Å²) < 4.78 is 5.33. The summed E-state index contributed by atoms with van der Waals surface area (Å²) in [6, 6.07) is 10.5. The minimum atomic E-state index is -0.193. The second-order valence-electron chi connectivity index (χ2n) is 5.86. The summed E-state index contributed by atoms with van der Waals surface area (Å²) in [6.45, 7) is 0.481. The Morgan fingerprint density at radius 3 is 2.67 bits per heavy atom. The third-order valence-electron chi connectivity index (χ3n) is 4.07. The van der Waals surface area contributed by atoms with Crippen molar-refractivity contribution in [2.24, 2.45) is 5.92 Å². The fraction of sp³-hybridized carbons (Fsp3) is 0.333. The maximum absolute atomic E-state index is 12.2. The predicted molar refractivity (Wildman–Crippen MR) is 88.7 cm³/mol. The summed E-state index contributed by atoms with van der Waals surface area (Å²) in [7, 11) is 0. The van der Waals surface area contributed by atoms with Crippen molar-refractivity contribution in [1.29, 1.82) is 0 Å². The summed E-state index contributed by atoms with van der Waals surface area (Å²) in [6.07, 6.45) is 2.94. The van der Waals surface area contributed by atoms with Gasteiger partial charge in [0.1, 0.15) is 5.76 Å². The largest absolute Gasteiger partial charge is 0.469 e. The number of aliphatic hydroxyl groups excluding tert-OH is 1. The second kappa shape index (κ2) is 7.31. The molecule has 6 nitrogen and oxygen atoms in total. The number of nitrogens with one attached hydrogen (secondary N) is 2. The Hall–Kier alpha value is -2.60. The van der Waals surface area contributed by atoms with Crippen LogP contribution in [-0.4, -0.2) is 30.1 Å². The molecule has 24 heavy (non-hydrogen) atoms. The van der Waals surface area contributed by atoms with Crippen LogP contribution in [-0.2, 0) is 4.79 Å². The smallest absolute Gasteiger partial charge is 0.251 e. The number of benzene rings is 1. The summed E-state index contributed by atoms with van der Waals surface area (Å²) in [5.74, 6) is 0.734. The number of furan rings is 1. The van der Waals surface area contributed by atoms with E-state index in [4.69, 9.17) is 9.52 Å². The molecule has 126 valence electrons. The van der Waals surface area contributed by atoms with Gasteiger partial charge in [-0.05, 0) is 49.2 Å². The standard InChI is InChI=1S/C18H20N2O4/c21-9-2-8-19-17(22)12-4-6-13(7-5-12)20-18(23)15-11-14(15)16-3-1-10-24-16/h1,3-7,10,14-15,21H,2,8-9,11H2,(H,19,22)(H,20,23). The number of hydrogen-bond acceptors (Lipinski definition) is 4. The first kappa shape index (κ1) is 16.3. The molecule has 0 saturated heterocycles. The van der Waals surface area contributed by atoms with Crippen molar-refractivity contribution in [1.82, 2.24) is 5.32 Å². The van der Waals surface area contributed by atoms with Crippen LogP contribution in [0.2, 0.25) is 0 Å². The topological polar surface area (TPSA) is 91.6 Å². The monoisotopic (exact) mass is 328 g/mol.